The molecular weight excluding hydrogens is 587 g/mol. The maximum atomic E-state index is 2.48. The molecule has 2 heteroatoms. The van der Waals surface area contributed by atoms with Gasteiger partial charge in [-0.05, 0) is 103 Å². The van der Waals surface area contributed by atoms with E-state index < -0.39 is 0 Å². The van der Waals surface area contributed by atoms with Gasteiger partial charge in [-0.15, -0.1) is 11.3 Å². The van der Waals surface area contributed by atoms with Crippen molar-refractivity contribution in [3.8, 4) is 11.1 Å². The molecule has 1 aliphatic heterocycles. The number of benzene rings is 8. The molecule has 222 valence electrons. The highest BCUT2D eigenvalue weighted by Gasteiger charge is 2.38. The van der Waals surface area contributed by atoms with Crippen molar-refractivity contribution in [2.75, 3.05) is 4.90 Å². The molecule has 8 aromatic carbocycles. The van der Waals surface area contributed by atoms with E-state index in [1.165, 1.54) is 91.8 Å². The fourth-order valence-electron chi connectivity index (χ4n) is 8.07. The van der Waals surface area contributed by atoms with Crippen molar-refractivity contribution in [2.45, 2.75) is 19.3 Å². The maximum Gasteiger partial charge on any atom is 0.0517 e. The normalized spacial score (nSPS) is 13.9. The molecule has 0 saturated carbocycles. The minimum Gasteiger partial charge on any atom is -0.310 e. The first-order valence-corrected chi connectivity index (χ1v) is 17.2. The Morgan fingerprint density at radius 2 is 0.957 bits per heavy atom. The Morgan fingerprint density at radius 1 is 0.404 bits per heavy atom. The third-order valence-corrected chi connectivity index (χ3v) is 11.5. The topological polar surface area (TPSA) is 3.24 Å². The van der Waals surface area contributed by atoms with Crippen LogP contribution in [0.25, 0.3) is 63.6 Å². The van der Waals surface area contributed by atoms with E-state index in [0.29, 0.717) is 0 Å². The highest BCUT2D eigenvalue weighted by Crippen LogP contribution is 2.54. The van der Waals surface area contributed by atoms with E-state index in [1.807, 2.05) is 11.3 Å². The summed E-state index contributed by atoms with van der Waals surface area (Å²) in [5.74, 6) is 0. The summed E-state index contributed by atoms with van der Waals surface area (Å²) in [6.07, 6.45) is 0. The Hall–Kier alpha value is -5.44. The summed E-state index contributed by atoms with van der Waals surface area (Å²) in [5.41, 5.74) is 8.68. The number of thiophene rings is 1. The molecule has 2 heterocycles. The second kappa shape index (κ2) is 9.78. The van der Waals surface area contributed by atoms with Gasteiger partial charge in [0.1, 0.15) is 0 Å². The van der Waals surface area contributed by atoms with Crippen molar-refractivity contribution in [3.63, 3.8) is 0 Å². The van der Waals surface area contributed by atoms with Gasteiger partial charge < -0.3 is 4.90 Å². The van der Waals surface area contributed by atoms with E-state index in [9.17, 15) is 0 Å². The zero-order valence-corrected chi connectivity index (χ0v) is 27.1. The number of anilines is 3. The van der Waals surface area contributed by atoms with Gasteiger partial charge in [-0.3, -0.25) is 0 Å². The zero-order chi connectivity index (χ0) is 31.3. The summed E-state index contributed by atoms with van der Waals surface area (Å²) in [5, 5.41) is 10.5. The van der Waals surface area contributed by atoms with Crippen LogP contribution in [-0.4, -0.2) is 0 Å². The van der Waals surface area contributed by atoms with Crippen molar-refractivity contribution in [3.05, 3.63) is 163 Å². The third kappa shape index (κ3) is 3.83. The smallest absolute Gasteiger partial charge is 0.0517 e. The monoisotopic (exact) mass is 617 g/mol. The molecule has 9 aromatic rings. The lowest BCUT2D eigenvalue weighted by molar-refractivity contribution is 0.633. The van der Waals surface area contributed by atoms with Crippen LogP contribution >= 0.6 is 11.3 Å². The average Bonchev–Trinajstić information content (AvgIpc) is 3.49. The van der Waals surface area contributed by atoms with Crippen LogP contribution in [0.2, 0.25) is 0 Å². The number of hydrogen-bond acceptors (Lipinski definition) is 2. The van der Waals surface area contributed by atoms with Crippen LogP contribution in [0.3, 0.4) is 0 Å². The Balaban J connectivity index is 1.21. The molecule has 1 aromatic heterocycles. The van der Waals surface area contributed by atoms with E-state index in [0.717, 1.165) is 0 Å². The van der Waals surface area contributed by atoms with Crippen LogP contribution in [0.5, 0.6) is 0 Å². The SMILES string of the molecule is CC1(C)c2cc(-c3ccc4c5ccccc5c5ccccc5c4c3)ccc2N(c2ccccc2)c2cc3sc4ccccc4c3cc21. The van der Waals surface area contributed by atoms with Crippen molar-refractivity contribution in [2.24, 2.45) is 0 Å². The van der Waals surface area contributed by atoms with Crippen LogP contribution in [0, 0.1) is 0 Å². The fourth-order valence-corrected chi connectivity index (χ4v) is 9.20. The Morgan fingerprint density at radius 3 is 1.68 bits per heavy atom. The fraction of sp³-hybridized carbons (Fsp3) is 0.0667. The number of rotatable bonds is 2. The Bertz CT molecular complexity index is 2680. The van der Waals surface area contributed by atoms with E-state index in [2.05, 4.69) is 170 Å². The molecule has 0 N–H and O–H groups in total. The number of fused-ring (bicyclic) bond motifs is 11. The first-order valence-electron chi connectivity index (χ1n) is 16.4. The summed E-state index contributed by atoms with van der Waals surface area (Å²) in [6, 6.07) is 56.4. The molecule has 0 aliphatic carbocycles. The zero-order valence-electron chi connectivity index (χ0n) is 26.3. The molecule has 1 aliphatic rings. The van der Waals surface area contributed by atoms with Gasteiger partial charge in [0.25, 0.3) is 0 Å². The third-order valence-electron chi connectivity index (χ3n) is 10.4. The van der Waals surface area contributed by atoms with Gasteiger partial charge in [-0.1, -0.05) is 117 Å². The van der Waals surface area contributed by atoms with Gasteiger partial charge in [0.15, 0.2) is 0 Å². The second-order valence-electron chi connectivity index (χ2n) is 13.3. The predicted molar refractivity (Wildman–Crippen MR) is 204 cm³/mol. The highest BCUT2D eigenvalue weighted by molar-refractivity contribution is 7.25. The van der Waals surface area contributed by atoms with Crippen LogP contribution in [0.15, 0.2) is 152 Å². The molecule has 10 rings (SSSR count). The molecule has 0 amide bonds. The van der Waals surface area contributed by atoms with Gasteiger partial charge in [0, 0.05) is 31.3 Å². The van der Waals surface area contributed by atoms with Gasteiger partial charge in [0.05, 0.1) is 11.4 Å². The molecule has 0 bridgehead atoms. The van der Waals surface area contributed by atoms with Gasteiger partial charge >= 0.3 is 0 Å². The predicted octanol–water partition coefficient (Wildman–Crippen LogP) is 13.3. The molecule has 0 radical (unpaired) electrons. The summed E-state index contributed by atoms with van der Waals surface area (Å²) in [6.45, 7) is 4.80. The first kappa shape index (κ1) is 26.7. The van der Waals surface area contributed by atoms with Gasteiger partial charge in [0.2, 0.25) is 0 Å². The van der Waals surface area contributed by atoms with Crippen LogP contribution < -0.4 is 4.90 Å². The maximum absolute atomic E-state index is 2.48. The summed E-state index contributed by atoms with van der Waals surface area (Å²) in [4.78, 5) is 2.48. The molecular formula is C45H31NS. The van der Waals surface area contributed by atoms with Crippen LogP contribution in [-0.2, 0) is 5.41 Å². The highest BCUT2D eigenvalue weighted by atomic mass is 32.1. The molecule has 0 fully saturated rings. The van der Waals surface area contributed by atoms with Crippen molar-refractivity contribution >= 4 is 80.9 Å². The largest absolute Gasteiger partial charge is 0.310 e. The lowest BCUT2D eigenvalue weighted by atomic mass is 9.72. The minimum atomic E-state index is -0.205. The molecule has 47 heavy (non-hydrogen) atoms. The lowest BCUT2D eigenvalue weighted by Crippen LogP contribution is -2.30. The van der Waals surface area contributed by atoms with Crippen LogP contribution in [0.4, 0.5) is 17.1 Å². The standard InChI is InChI=1S/C45H31NS/c1-45(2)39-25-29(28-20-22-35-33-16-7-6-14-31(33)32-15-8-9-17-34(32)37(35)24-28)21-23-41(39)46(30-12-4-3-5-13-30)42-27-44-38(26-40(42)45)36-18-10-11-19-43(36)47-44/h3-27H,1-2H3. The molecule has 1 nitrogen and oxygen atoms in total. The van der Waals surface area contributed by atoms with E-state index in [-0.39, 0.29) is 5.41 Å². The van der Waals surface area contributed by atoms with E-state index >= 15 is 0 Å². The minimum absolute atomic E-state index is 0.205. The first-order chi connectivity index (χ1) is 23.1. The van der Waals surface area contributed by atoms with Gasteiger partial charge in [-0.2, -0.15) is 0 Å². The second-order valence-corrected chi connectivity index (χ2v) is 14.4. The van der Waals surface area contributed by atoms with Crippen LogP contribution in [0.1, 0.15) is 25.0 Å². The summed E-state index contributed by atoms with van der Waals surface area (Å²) in [7, 11) is 0. The summed E-state index contributed by atoms with van der Waals surface area (Å²) >= 11 is 1.89. The molecule has 0 saturated heterocycles. The van der Waals surface area contributed by atoms with Crippen molar-refractivity contribution < 1.29 is 0 Å². The number of hydrogen-bond donors (Lipinski definition) is 0. The van der Waals surface area contributed by atoms with Gasteiger partial charge in [-0.25, -0.2) is 0 Å². The average molecular weight is 618 g/mol. The quantitative estimate of drug-likeness (QED) is 0.174. The molecule has 0 spiro atoms. The Labute approximate surface area is 278 Å². The molecule has 0 unspecified atom stereocenters. The van der Waals surface area contributed by atoms with E-state index in [1.54, 1.807) is 0 Å². The Kier molecular flexibility index (Phi) is 5.57. The van der Waals surface area contributed by atoms with Crippen molar-refractivity contribution in [1.29, 1.82) is 0 Å². The molecule has 0 atom stereocenters. The summed E-state index contributed by atoms with van der Waals surface area (Å²) < 4.78 is 2.67. The number of para-hydroxylation sites is 1. The lowest BCUT2D eigenvalue weighted by Gasteiger charge is -2.42. The number of nitrogens with zero attached hydrogens (tertiary/aromatic N) is 1. The van der Waals surface area contributed by atoms with E-state index in [4.69, 9.17) is 0 Å². The van der Waals surface area contributed by atoms with Crippen molar-refractivity contribution in [1.82, 2.24) is 0 Å².